The van der Waals surface area contributed by atoms with Crippen molar-refractivity contribution >= 4 is 33.3 Å². The fourth-order valence-corrected chi connectivity index (χ4v) is 2.94. The van der Waals surface area contributed by atoms with E-state index in [1.165, 1.54) is 32.0 Å². The average Bonchev–Trinajstić information content (AvgIpc) is 2.31. The summed E-state index contributed by atoms with van der Waals surface area (Å²) in [4.78, 5) is 8.10. The molecule has 2 unspecified atom stereocenters. The van der Waals surface area contributed by atoms with Gasteiger partial charge in [-0.25, -0.2) is 9.97 Å². The van der Waals surface area contributed by atoms with E-state index in [1.807, 2.05) is 0 Å². The Morgan fingerprint density at radius 1 is 1.47 bits per heavy atom. The van der Waals surface area contributed by atoms with Crippen LogP contribution in [0.4, 0.5) is 5.82 Å². The summed E-state index contributed by atoms with van der Waals surface area (Å²) in [7, 11) is 0. The van der Waals surface area contributed by atoms with Crippen molar-refractivity contribution in [1.82, 2.24) is 9.97 Å². The van der Waals surface area contributed by atoms with Crippen LogP contribution in [-0.4, -0.2) is 16.5 Å². The van der Waals surface area contributed by atoms with Gasteiger partial charge in [0, 0.05) is 6.54 Å². The lowest BCUT2D eigenvalue weighted by atomic mass is 9.82. The van der Waals surface area contributed by atoms with E-state index in [2.05, 4.69) is 38.1 Å². The predicted molar refractivity (Wildman–Crippen MR) is 74.4 cm³/mol. The molecular weight excluding hydrogens is 302 g/mol. The van der Waals surface area contributed by atoms with Gasteiger partial charge >= 0.3 is 0 Å². The van der Waals surface area contributed by atoms with Crippen LogP contribution in [0.25, 0.3) is 0 Å². The molecule has 0 radical (unpaired) electrons. The van der Waals surface area contributed by atoms with Crippen LogP contribution in [0.3, 0.4) is 0 Å². The predicted octanol–water partition coefficient (Wildman–Crippen LogP) is 4.13. The molecule has 2 rings (SSSR count). The van der Waals surface area contributed by atoms with Crippen molar-refractivity contribution in [3.63, 3.8) is 0 Å². The first-order valence-electron chi connectivity index (χ1n) is 6.06. The average molecular weight is 319 g/mol. The molecule has 0 spiro atoms. The summed E-state index contributed by atoms with van der Waals surface area (Å²) < 4.78 is 0.755. The molecule has 0 amide bonds. The summed E-state index contributed by atoms with van der Waals surface area (Å²) >= 11 is 9.32. The Kier molecular flexibility index (Phi) is 4.62. The van der Waals surface area contributed by atoms with Gasteiger partial charge in [0.05, 0.1) is 4.47 Å². The Labute approximate surface area is 116 Å². The molecular formula is C12H17BrClN3. The minimum atomic E-state index is 0.458. The second-order valence-corrected chi connectivity index (χ2v) is 6.00. The van der Waals surface area contributed by atoms with E-state index >= 15 is 0 Å². The Balaban J connectivity index is 1.91. The van der Waals surface area contributed by atoms with E-state index in [-0.39, 0.29) is 0 Å². The minimum Gasteiger partial charge on any atom is -0.369 e. The third-order valence-corrected chi connectivity index (χ3v) is 4.62. The lowest BCUT2D eigenvalue weighted by Crippen LogP contribution is -2.21. The number of halogens is 2. The standard InChI is InChI=1S/C12H17BrClN3/c1-8-3-2-4-9(5-8)6-15-12-10(13)11(14)16-7-17-12/h7-9H,2-6H2,1H3,(H,15,16,17). The lowest BCUT2D eigenvalue weighted by Gasteiger charge is -2.27. The van der Waals surface area contributed by atoms with Gasteiger partial charge in [-0.2, -0.15) is 0 Å². The smallest absolute Gasteiger partial charge is 0.148 e. The van der Waals surface area contributed by atoms with Gasteiger partial charge in [0.2, 0.25) is 0 Å². The van der Waals surface area contributed by atoms with Gasteiger partial charge in [-0.1, -0.05) is 31.4 Å². The second kappa shape index (κ2) is 6.01. The highest BCUT2D eigenvalue weighted by atomic mass is 79.9. The summed E-state index contributed by atoms with van der Waals surface area (Å²) in [5, 5.41) is 3.82. The molecule has 5 heteroatoms. The molecule has 0 saturated heterocycles. The summed E-state index contributed by atoms with van der Waals surface area (Å²) in [6.45, 7) is 3.31. The zero-order valence-electron chi connectivity index (χ0n) is 9.92. The highest BCUT2D eigenvalue weighted by Crippen LogP contribution is 2.30. The fourth-order valence-electron chi connectivity index (χ4n) is 2.46. The summed E-state index contributed by atoms with van der Waals surface area (Å²) in [6, 6.07) is 0. The SMILES string of the molecule is CC1CCCC(CNc2ncnc(Cl)c2Br)C1. The van der Waals surface area contributed by atoms with Crippen molar-refractivity contribution in [2.45, 2.75) is 32.6 Å². The number of nitrogens with one attached hydrogen (secondary N) is 1. The molecule has 0 aromatic carbocycles. The molecule has 0 bridgehead atoms. The fraction of sp³-hybridized carbons (Fsp3) is 0.667. The summed E-state index contributed by atoms with van der Waals surface area (Å²) in [5.41, 5.74) is 0. The molecule has 1 aromatic heterocycles. The lowest BCUT2D eigenvalue weighted by molar-refractivity contribution is 0.293. The molecule has 1 aromatic rings. The number of hydrogen-bond donors (Lipinski definition) is 1. The number of aromatic nitrogens is 2. The summed E-state index contributed by atoms with van der Waals surface area (Å²) in [5.74, 6) is 2.40. The van der Waals surface area contributed by atoms with Gasteiger partial charge in [-0.3, -0.25) is 0 Å². The third kappa shape index (κ3) is 3.55. The molecule has 0 aliphatic heterocycles. The quantitative estimate of drug-likeness (QED) is 0.852. The van der Waals surface area contributed by atoms with Crippen molar-refractivity contribution < 1.29 is 0 Å². The van der Waals surface area contributed by atoms with E-state index in [0.717, 1.165) is 28.7 Å². The Bertz CT molecular complexity index is 386. The van der Waals surface area contributed by atoms with Gasteiger partial charge in [0.15, 0.2) is 0 Å². The largest absolute Gasteiger partial charge is 0.369 e. The first kappa shape index (κ1) is 13.1. The van der Waals surface area contributed by atoms with Crippen molar-refractivity contribution in [2.24, 2.45) is 11.8 Å². The Morgan fingerprint density at radius 2 is 2.29 bits per heavy atom. The Hall–Kier alpha value is -0.350. The van der Waals surface area contributed by atoms with Crippen LogP contribution >= 0.6 is 27.5 Å². The monoisotopic (exact) mass is 317 g/mol. The van der Waals surface area contributed by atoms with Gasteiger partial charge in [-0.05, 0) is 40.6 Å². The maximum atomic E-state index is 5.92. The first-order chi connectivity index (χ1) is 8.16. The minimum absolute atomic E-state index is 0.458. The van der Waals surface area contributed by atoms with E-state index < -0.39 is 0 Å². The molecule has 94 valence electrons. The molecule has 1 saturated carbocycles. The maximum Gasteiger partial charge on any atom is 0.148 e. The molecule has 1 fully saturated rings. The number of rotatable bonds is 3. The van der Waals surface area contributed by atoms with Gasteiger partial charge in [-0.15, -0.1) is 0 Å². The molecule has 2 atom stereocenters. The molecule has 1 aliphatic carbocycles. The van der Waals surface area contributed by atoms with Crippen LogP contribution in [0, 0.1) is 11.8 Å². The van der Waals surface area contributed by atoms with Crippen molar-refractivity contribution in [1.29, 1.82) is 0 Å². The van der Waals surface area contributed by atoms with Crippen LogP contribution in [0.5, 0.6) is 0 Å². The zero-order chi connectivity index (χ0) is 12.3. The molecule has 3 nitrogen and oxygen atoms in total. The van der Waals surface area contributed by atoms with Crippen LogP contribution in [0.15, 0.2) is 10.8 Å². The van der Waals surface area contributed by atoms with Crippen LogP contribution in [0.2, 0.25) is 5.15 Å². The van der Waals surface area contributed by atoms with Gasteiger partial charge in [0.25, 0.3) is 0 Å². The van der Waals surface area contributed by atoms with Crippen LogP contribution in [-0.2, 0) is 0 Å². The first-order valence-corrected chi connectivity index (χ1v) is 7.23. The number of anilines is 1. The van der Waals surface area contributed by atoms with Crippen LogP contribution < -0.4 is 5.32 Å². The maximum absolute atomic E-state index is 5.92. The van der Waals surface area contributed by atoms with Crippen molar-refractivity contribution in [3.8, 4) is 0 Å². The molecule has 1 aliphatic rings. The second-order valence-electron chi connectivity index (χ2n) is 4.85. The number of hydrogen-bond acceptors (Lipinski definition) is 3. The zero-order valence-corrected chi connectivity index (χ0v) is 12.3. The van der Waals surface area contributed by atoms with E-state index in [1.54, 1.807) is 0 Å². The van der Waals surface area contributed by atoms with E-state index in [4.69, 9.17) is 11.6 Å². The van der Waals surface area contributed by atoms with Crippen molar-refractivity contribution in [3.05, 3.63) is 16.0 Å². The summed E-state index contributed by atoms with van der Waals surface area (Å²) in [6.07, 6.45) is 6.83. The molecule has 1 heterocycles. The van der Waals surface area contributed by atoms with E-state index in [9.17, 15) is 0 Å². The van der Waals surface area contributed by atoms with Gasteiger partial charge < -0.3 is 5.32 Å². The third-order valence-electron chi connectivity index (χ3n) is 3.35. The molecule has 1 N–H and O–H groups in total. The number of nitrogens with zero attached hydrogens (tertiary/aromatic N) is 2. The molecule has 17 heavy (non-hydrogen) atoms. The van der Waals surface area contributed by atoms with Crippen LogP contribution in [0.1, 0.15) is 32.6 Å². The normalized spacial score (nSPS) is 24.6. The highest BCUT2D eigenvalue weighted by Gasteiger charge is 2.19. The van der Waals surface area contributed by atoms with Crippen molar-refractivity contribution in [2.75, 3.05) is 11.9 Å². The van der Waals surface area contributed by atoms with Gasteiger partial charge in [0.1, 0.15) is 17.3 Å². The Morgan fingerprint density at radius 3 is 3.06 bits per heavy atom. The van der Waals surface area contributed by atoms with E-state index in [0.29, 0.717) is 5.15 Å². The topological polar surface area (TPSA) is 37.8 Å². The highest BCUT2D eigenvalue weighted by molar-refractivity contribution is 9.10.